The van der Waals surface area contributed by atoms with Crippen molar-refractivity contribution in [1.82, 2.24) is 20.0 Å². The molecule has 0 aromatic carbocycles. The van der Waals surface area contributed by atoms with E-state index in [9.17, 15) is 4.79 Å². The summed E-state index contributed by atoms with van der Waals surface area (Å²) in [5.41, 5.74) is 5.57. The summed E-state index contributed by atoms with van der Waals surface area (Å²) in [6.07, 6.45) is 5.04. The zero-order chi connectivity index (χ0) is 13.7. The Morgan fingerprint density at radius 3 is 3.11 bits per heavy atom. The number of nitrogens with one attached hydrogen (secondary N) is 1. The second-order valence-corrected chi connectivity index (χ2v) is 5.11. The van der Waals surface area contributed by atoms with Gasteiger partial charge in [0.2, 0.25) is 5.91 Å². The molecule has 1 saturated heterocycles. The maximum absolute atomic E-state index is 11.6. The van der Waals surface area contributed by atoms with E-state index in [4.69, 9.17) is 5.73 Å². The molecule has 1 fully saturated rings. The lowest BCUT2D eigenvalue weighted by Crippen LogP contribution is -2.42. The average Bonchev–Trinajstić information content (AvgIpc) is 2.84. The van der Waals surface area contributed by atoms with E-state index in [2.05, 4.69) is 15.3 Å². The van der Waals surface area contributed by atoms with Gasteiger partial charge in [-0.25, -0.2) is 0 Å². The van der Waals surface area contributed by atoms with Crippen molar-refractivity contribution in [2.45, 2.75) is 25.8 Å². The van der Waals surface area contributed by atoms with Crippen molar-refractivity contribution in [2.24, 2.45) is 5.92 Å². The molecule has 6 heteroatoms. The van der Waals surface area contributed by atoms with Crippen LogP contribution in [0.2, 0.25) is 0 Å². The Labute approximate surface area is 113 Å². The number of aromatic nitrogens is 2. The minimum absolute atomic E-state index is 0.152. The standard InChI is InChI=1S/C13H23N5O/c1-15-13(19)11-4-2-6-17(10-11)7-3-8-18-9-5-12(14)16-18/h5,9,11H,2-4,6-8,10H2,1H3,(H2,14,16)(H,15,19). The molecule has 0 spiro atoms. The monoisotopic (exact) mass is 265 g/mol. The van der Waals surface area contributed by atoms with Crippen LogP contribution >= 0.6 is 0 Å². The largest absolute Gasteiger partial charge is 0.382 e. The molecule has 1 aromatic heterocycles. The van der Waals surface area contributed by atoms with Crippen LogP contribution in [0.3, 0.4) is 0 Å². The number of nitrogen functional groups attached to an aromatic ring is 1. The zero-order valence-electron chi connectivity index (χ0n) is 11.5. The van der Waals surface area contributed by atoms with Gasteiger partial charge in [0.25, 0.3) is 0 Å². The summed E-state index contributed by atoms with van der Waals surface area (Å²) in [4.78, 5) is 14.0. The van der Waals surface area contributed by atoms with E-state index < -0.39 is 0 Å². The van der Waals surface area contributed by atoms with Crippen molar-refractivity contribution < 1.29 is 4.79 Å². The lowest BCUT2D eigenvalue weighted by atomic mass is 9.97. The highest BCUT2D eigenvalue weighted by atomic mass is 16.1. The Hall–Kier alpha value is -1.56. The molecular formula is C13H23N5O. The fourth-order valence-corrected chi connectivity index (χ4v) is 2.63. The van der Waals surface area contributed by atoms with Gasteiger partial charge in [0, 0.05) is 26.3 Å². The van der Waals surface area contributed by atoms with Crippen LogP contribution in [0.25, 0.3) is 0 Å². The third kappa shape index (κ3) is 3.96. The molecule has 19 heavy (non-hydrogen) atoms. The molecule has 0 bridgehead atoms. The normalized spacial score (nSPS) is 20.4. The predicted molar refractivity (Wildman–Crippen MR) is 74.5 cm³/mol. The number of carbonyl (C=O) groups is 1. The van der Waals surface area contributed by atoms with E-state index in [0.717, 1.165) is 45.4 Å². The summed E-state index contributed by atoms with van der Waals surface area (Å²) in [5.74, 6) is 0.890. The van der Waals surface area contributed by atoms with Gasteiger partial charge in [-0.2, -0.15) is 5.10 Å². The summed E-state index contributed by atoms with van der Waals surface area (Å²) >= 11 is 0. The lowest BCUT2D eigenvalue weighted by molar-refractivity contribution is -0.126. The van der Waals surface area contributed by atoms with Gasteiger partial charge >= 0.3 is 0 Å². The van der Waals surface area contributed by atoms with Crippen LogP contribution in [0.15, 0.2) is 12.3 Å². The Morgan fingerprint density at radius 1 is 1.58 bits per heavy atom. The second-order valence-electron chi connectivity index (χ2n) is 5.11. The number of rotatable bonds is 5. The number of hydrogen-bond acceptors (Lipinski definition) is 4. The topological polar surface area (TPSA) is 76.2 Å². The van der Waals surface area contributed by atoms with Gasteiger partial charge in [-0.1, -0.05) is 0 Å². The van der Waals surface area contributed by atoms with E-state index >= 15 is 0 Å². The second kappa shape index (κ2) is 6.56. The van der Waals surface area contributed by atoms with Crippen molar-refractivity contribution in [1.29, 1.82) is 0 Å². The molecule has 0 radical (unpaired) electrons. The molecule has 3 N–H and O–H groups in total. The van der Waals surface area contributed by atoms with Crippen LogP contribution in [-0.4, -0.2) is 47.3 Å². The highest BCUT2D eigenvalue weighted by Gasteiger charge is 2.24. The van der Waals surface area contributed by atoms with Crippen molar-refractivity contribution in [3.05, 3.63) is 12.3 Å². The van der Waals surface area contributed by atoms with Gasteiger partial charge < -0.3 is 16.0 Å². The number of nitrogens with two attached hydrogens (primary N) is 1. The van der Waals surface area contributed by atoms with Gasteiger partial charge in [0.05, 0.1) is 5.92 Å². The van der Waals surface area contributed by atoms with Crippen molar-refractivity contribution >= 4 is 11.7 Å². The van der Waals surface area contributed by atoms with Crippen molar-refractivity contribution in [3.8, 4) is 0 Å². The Bertz CT molecular complexity index is 417. The molecular weight excluding hydrogens is 242 g/mol. The van der Waals surface area contributed by atoms with Gasteiger partial charge in [-0.15, -0.1) is 0 Å². The maximum Gasteiger partial charge on any atom is 0.224 e. The van der Waals surface area contributed by atoms with Crippen LogP contribution in [-0.2, 0) is 11.3 Å². The molecule has 0 saturated carbocycles. The molecule has 2 rings (SSSR count). The number of carbonyl (C=O) groups excluding carboxylic acids is 1. The van der Waals surface area contributed by atoms with E-state index in [1.165, 1.54) is 0 Å². The predicted octanol–water partition coefficient (Wildman–Crippen LogP) is 0.313. The summed E-state index contributed by atoms with van der Waals surface area (Å²) in [5, 5.41) is 6.91. The smallest absolute Gasteiger partial charge is 0.224 e. The molecule has 2 heterocycles. The average molecular weight is 265 g/mol. The zero-order valence-corrected chi connectivity index (χ0v) is 11.5. The minimum Gasteiger partial charge on any atom is -0.382 e. The fraction of sp³-hybridized carbons (Fsp3) is 0.692. The third-order valence-electron chi connectivity index (χ3n) is 3.65. The van der Waals surface area contributed by atoms with Gasteiger partial charge in [0.15, 0.2) is 0 Å². The van der Waals surface area contributed by atoms with E-state index in [1.807, 2.05) is 16.9 Å². The van der Waals surface area contributed by atoms with Crippen LogP contribution in [0.4, 0.5) is 5.82 Å². The molecule has 0 aliphatic carbocycles. The number of hydrogen-bond donors (Lipinski definition) is 2. The van der Waals surface area contributed by atoms with Gasteiger partial charge in [0.1, 0.15) is 5.82 Å². The van der Waals surface area contributed by atoms with E-state index in [-0.39, 0.29) is 11.8 Å². The van der Waals surface area contributed by atoms with Crippen LogP contribution in [0.1, 0.15) is 19.3 Å². The minimum atomic E-state index is 0.152. The first-order chi connectivity index (χ1) is 9.19. The first-order valence-electron chi connectivity index (χ1n) is 6.92. The summed E-state index contributed by atoms with van der Waals surface area (Å²) in [6.45, 7) is 3.85. The Kier molecular flexibility index (Phi) is 4.79. The Morgan fingerprint density at radius 2 is 2.42 bits per heavy atom. The number of anilines is 1. The highest BCUT2D eigenvalue weighted by Crippen LogP contribution is 2.16. The van der Waals surface area contributed by atoms with Crippen LogP contribution in [0.5, 0.6) is 0 Å². The van der Waals surface area contributed by atoms with Gasteiger partial charge in [-0.05, 0) is 38.4 Å². The number of nitrogens with zero attached hydrogens (tertiary/aromatic N) is 3. The highest BCUT2D eigenvalue weighted by molar-refractivity contribution is 5.78. The molecule has 1 atom stereocenters. The summed E-state index contributed by atoms with van der Waals surface area (Å²) < 4.78 is 1.87. The maximum atomic E-state index is 11.6. The molecule has 6 nitrogen and oxygen atoms in total. The number of piperidine rings is 1. The first kappa shape index (κ1) is 13.9. The van der Waals surface area contributed by atoms with Crippen molar-refractivity contribution in [2.75, 3.05) is 32.4 Å². The molecule has 1 unspecified atom stereocenters. The Balaban J connectivity index is 1.72. The number of likely N-dealkylation sites (tertiary alicyclic amines) is 1. The molecule has 1 aromatic rings. The van der Waals surface area contributed by atoms with E-state index in [0.29, 0.717) is 5.82 Å². The molecule has 1 amide bonds. The SMILES string of the molecule is CNC(=O)C1CCCN(CCCn2ccc(N)n2)C1. The molecule has 106 valence electrons. The summed E-state index contributed by atoms with van der Waals surface area (Å²) in [7, 11) is 1.71. The van der Waals surface area contributed by atoms with Crippen LogP contribution in [0, 0.1) is 5.92 Å². The van der Waals surface area contributed by atoms with E-state index in [1.54, 1.807) is 7.05 Å². The van der Waals surface area contributed by atoms with Gasteiger partial charge in [-0.3, -0.25) is 9.48 Å². The van der Waals surface area contributed by atoms with Crippen LogP contribution < -0.4 is 11.1 Å². The fourth-order valence-electron chi connectivity index (χ4n) is 2.63. The number of aryl methyl sites for hydroxylation is 1. The third-order valence-corrected chi connectivity index (χ3v) is 3.65. The molecule has 1 aliphatic heterocycles. The van der Waals surface area contributed by atoms with Crippen molar-refractivity contribution in [3.63, 3.8) is 0 Å². The quantitative estimate of drug-likeness (QED) is 0.803. The summed E-state index contributed by atoms with van der Waals surface area (Å²) in [6, 6.07) is 1.81. The number of amides is 1. The first-order valence-corrected chi connectivity index (χ1v) is 6.92. The molecule has 1 aliphatic rings. The lowest BCUT2D eigenvalue weighted by Gasteiger charge is -2.31.